The molecule has 2 aromatic rings. The van der Waals surface area contributed by atoms with Gasteiger partial charge in [-0.3, -0.25) is 14.4 Å². The molecule has 3 amide bonds. The number of ether oxygens (including phenoxy) is 4. The van der Waals surface area contributed by atoms with Gasteiger partial charge in [-0.15, -0.1) is 0 Å². The van der Waals surface area contributed by atoms with Crippen LogP contribution in [-0.2, 0) is 33.3 Å². The first-order valence-electron chi connectivity index (χ1n) is 30.2. The van der Waals surface area contributed by atoms with Crippen molar-refractivity contribution in [2.75, 3.05) is 59.5 Å². The van der Waals surface area contributed by atoms with E-state index >= 15 is 0 Å². The van der Waals surface area contributed by atoms with Gasteiger partial charge in [0.05, 0.1) is 56.1 Å². The largest absolute Gasteiger partial charge is 0.545 e. The quantitative estimate of drug-likeness (QED) is 0.0136. The summed E-state index contributed by atoms with van der Waals surface area (Å²) in [6, 6.07) is 12.1. The number of carboxylic acids is 2. The molecule has 486 valence electrons. The number of aliphatic hydroxyl groups excluding tert-OH is 8. The van der Waals surface area contributed by atoms with Crippen LogP contribution in [0.25, 0.3) is 33.4 Å². The molecule has 12 N–H and O–H groups in total. The predicted octanol–water partition coefficient (Wildman–Crippen LogP) is 0.879. The SMILES string of the molecule is CCCCCCCCCCCCC/C=C/[C@@H](O)[C@H](CO[C@@H]1O[C@H](CO)[C@H](O)[C@H](O[C@@]2(C(=O)O)C[C@@H](O)[C@H](NC(C)=O)[C@@H]([C@H](O)[C@H](O)CO)O2)[C@H]1O)NC(=O)CCNC(=O)c1ccc(C(=O)[O-])c(-c2c3ccc(=[N+](C)C)cc-3oc3cc(N(C)C)ccc23)c1. The number of aliphatic hydroxyl groups is 8. The standard InChI is InChI=1S/C63H89N5O20/c1-7-8-9-10-11-12-13-14-15-16-17-18-19-20-45(72)44(35-84-61-56(78)58(55(77)50(34-70)86-61)88-63(62(82)83)32-46(73)53(65-36(2)71)57(87-63)54(76)47(74)33-69)66-51(75)27-28-64-59(79)37-21-24-40(60(80)81)43(29-37)52-41-25-22-38(67(3)4)30-48(41)85-49-31-39(68(5)6)23-26-42(49)52/h19-26,29-31,44-47,50,53-58,61,69-70,72-74,76-78H,7-18,27-28,32-35H2,1-6H3,(H4-,64,65,66,71,75,79,80,81,82,83)/b20-19+/t44-,45+,46+,47+,50+,53-,54+,55-,56+,57-,58-,61+,63+/m0/s1. The number of nitrogens with zero attached hydrogens (tertiary/aromatic N) is 2. The van der Waals surface area contributed by atoms with Crippen LogP contribution in [0.3, 0.4) is 0 Å². The minimum absolute atomic E-state index is 0.0502. The van der Waals surface area contributed by atoms with Crippen LogP contribution in [0.15, 0.2) is 71.2 Å². The molecule has 3 aliphatic heterocycles. The highest BCUT2D eigenvalue weighted by atomic mass is 16.8. The van der Waals surface area contributed by atoms with Crippen LogP contribution >= 0.6 is 0 Å². The second kappa shape index (κ2) is 33.4. The predicted molar refractivity (Wildman–Crippen MR) is 320 cm³/mol. The van der Waals surface area contributed by atoms with Gasteiger partial charge in [-0.25, -0.2) is 9.37 Å². The number of nitrogens with one attached hydrogen (secondary N) is 3. The Morgan fingerprint density at radius 2 is 1.56 bits per heavy atom. The van der Waals surface area contributed by atoms with Gasteiger partial charge in [0.2, 0.25) is 17.2 Å². The molecular weight excluding hydrogens is 1150 g/mol. The summed E-state index contributed by atoms with van der Waals surface area (Å²) < 4.78 is 31.5. The van der Waals surface area contributed by atoms with Crippen LogP contribution in [0, 0.1) is 0 Å². The first kappa shape index (κ1) is 70.6. The molecule has 3 heterocycles. The van der Waals surface area contributed by atoms with Crippen molar-refractivity contribution in [3.05, 3.63) is 83.2 Å². The highest BCUT2D eigenvalue weighted by Crippen LogP contribution is 2.43. The number of carbonyl (C=O) groups is 5. The third-order valence-corrected chi connectivity index (χ3v) is 16.0. The second-order valence-electron chi connectivity index (χ2n) is 23.1. The molecule has 88 heavy (non-hydrogen) atoms. The summed E-state index contributed by atoms with van der Waals surface area (Å²) in [5, 5.41) is 120. The van der Waals surface area contributed by atoms with Crippen LogP contribution < -0.4 is 35.9 Å². The van der Waals surface area contributed by atoms with Crippen molar-refractivity contribution in [1.82, 2.24) is 20.5 Å². The van der Waals surface area contributed by atoms with Crippen molar-refractivity contribution in [2.45, 2.75) is 183 Å². The molecule has 0 aromatic heterocycles. The van der Waals surface area contributed by atoms with Crippen molar-refractivity contribution in [1.29, 1.82) is 0 Å². The van der Waals surface area contributed by atoms with Crippen LogP contribution in [0.4, 0.5) is 5.69 Å². The summed E-state index contributed by atoms with van der Waals surface area (Å²) in [6.45, 7) is 0.312. The number of fused-ring (bicyclic) bond motifs is 2. The monoisotopic (exact) mass is 1240 g/mol. The molecule has 2 saturated heterocycles. The number of benzene rings is 3. The Morgan fingerprint density at radius 3 is 2.17 bits per heavy atom. The van der Waals surface area contributed by atoms with Crippen LogP contribution in [0.2, 0.25) is 0 Å². The molecule has 25 heteroatoms. The Bertz CT molecular complexity index is 3040. The number of carbonyl (C=O) groups excluding carboxylic acids is 4. The summed E-state index contributed by atoms with van der Waals surface area (Å²) in [6.07, 6.45) is -4.43. The molecule has 13 atom stereocenters. The number of aromatic carboxylic acids is 1. The normalized spacial score (nSPS) is 23.5. The van der Waals surface area contributed by atoms with Crippen molar-refractivity contribution in [3.8, 4) is 22.5 Å². The summed E-state index contributed by atoms with van der Waals surface area (Å²) in [5.74, 6) is -8.17. The first-order chi connectivity index (χ1) is 41.9. The fourth-order valence-corrected chi connectivity index (χ4v) is 11.0. The lowest BCUT2D eigenvalue weighted by Crippen LogP contribution is -2.70. The van der Waals surface area contributed by atoms with Crippen molar-refractivity contribution in [2.24, 2.45) is 0 Å². The minimum atomic E-state index is -3.05. The average molecular weight is 1240 g/mol. The lowest BCUT2D eigenvalue weighted by atomic mass is 9.88. The zero-order valence-electron chi connectivity index (χ0n) is 50.9. The van der Waals surface area contributed by atoms with Gasteiger partial charge in [0.25, 0.3) is 11.7 Å². The molecule has 0 spiro atoms. The topological polar surface area (TPSA) is 383 Å². The van der Waals surface area contributed by atoms with E-state index in [1.807, 2.05) is 74.1 Å². The van der Waals surface area contributed by atoms with Crippen LogP contribution in [-0.4, -0.2) is 209 Å². The van der Waals surface area contributed by atoms with E-state index in [9.17, 15) is 75.0 Å². The average Bonchev–Trinajstić information content (AvgIpc) is 3.04. The first-order valence-corrected chi connectivity index (χ1v) is 30.2. The number of amides is 3. The van der Waals surface area contributed by atoms with E-state index in [-0.39, 0.29) is 29.7 Å². The lowest BCUT2D eigenvalue weighted by molar-refractivity contribution is -0.370. The molecule has 2 fully saturated rings. The smallest absolute Gasteiger partial charge is 0.364 e. The van der Waals surface area contributed by atoms with Gasteiger partial charge in [-0.2, -0.15) is 0 Å². The van der Waals surface area contributed by atoms with E-state index in [1.54, 1.807) is 6.08 Å². The summed E-state index contributed by atoms with van der Waals surface area (Å²) in [7, 11) is 7.48. The van der Waals surface area contributed by atoms with Gasteiger partial charge in [-0.05, 0) is 48.7 Å². The zero-order valence-corrected chi connectivity index (χ0v) is 50.9. The second-order valence-corrected chi connectivity index (χ2v) is 23.1. The minimum Gasteiger partial charge on any atom is -0.545 e. The molecule has 1 aliphatic carbocycles. The Morgan fingerprint density at radius 1 is 0.875 bits per heavy atom. The fraction of sp³-hybridized carbons (Fsp3) is 0.587. The van der Waals surface area contributed by atoms with Crippen molar-refractivity contribution >= 4 is 46.3 Å². The third kappa shape index (κ3) is 18.3. The Balaban J connectivity index is 1.20. The van der Waals surface area contributed by atoms with E-state index < -0.39 is 135 Å². The van der Waals surface area contributed by atoms with Gasteiger partial charge in [-0.1, -0.05) is 89.4 Å². The molecule has 4 aliphatic rings. The number of allylic oxidation sites excluding steroid dienone is 1. The van der Waals surface area contributed by atoms with Gasteiger partial charge in [0.1, 0.15) is 68.2 Å². The molecule has 0 radical (unpaired) electrons. The molecule has 6 rings (SSSR count). The highest BCUT2D eigenvalue weighted by Gasteiger charge is 2.59. The molecule has 0 bridgehead atoms. The number of hydrogen-bond acceptors (Lipinski definition) is 20. The molecule has 0 saturated carbocycles. The number of anilines is 1. The maximum absolute atomic E-state index is 14.0. The van der Waals surface area contributed by atoms with Crippen LogP contribution in [0.5, 0.6) is 0 Å². The van der Waals surface area contributed by atoms with Gasteiger partial charge < -0.3 is 100 Å². The summed E-state index contributed by atoms with van der Waals surface area (Å²) >= 11 is 0. The van der Waals surface area contributed by atoms with E-state index in [2.05, 4.69) is 22.9 Å². The zero-order chi connectivity index (χ0) is 64.4. The fourth-order valence-electron chi connectivity index (χ4n) is 11.0. The van der Waals surface area contributed by atoms with E-state index in [1.165, 1.54) is 62.8 Å². The Kier molecular flexibility index (Phi) is 26.8. The maximum atomic E-state index is 14.0. The number of unbranched alkanes of at least 4 members (excludes halogenated alkanes) is 11. The van der Waals surface area contributed by atoms with E-state index in [0.29, 0.717) is 34.3 Å². The molecule has 0 unspecified atom stereocenters. The Labute approximate surface area is 511 Å². The van der Waals surface area contributed by atoms with Crippen molar-refractivity contribution < 1.29 is 98.4 Å². The van der Waals surface area contributed by atoms with Gasteiger partial charge >= 0.3 is 5.97 Å². The highest BCUT2D eigenvalue weighted by molar-refractivity contribution is 6.09. The van der Waals surface area contributed by atoms with Crippen molar-refractivity contribution in [3.63, 3.8) is 0 Å². The number of hydrogen-bond donors (Lipinski definition) is 12. The number of carboxylic acid groups (broad SMARTS) is 2. The number of aliphatic carboxylic acids is 1. The van der Waals surface area contributed by atoms with Gasteiger partial charge in [0.15, 0.2) is 6.29 Å². The molecular formula is C63H89N5O20. The van der Waals surface area contributed by atoms with Crippen LogP contribution in [0.1, 0.15) is 124 Å². The Hall–Kier alpha value is -6.46. The summed E-state index contributed by atoms with van der Waals surface area (Å²) in [4.78, 5) is 67.6. The third-order valence-electron chi connectivity index (χ3n) is 16.0. The summed E-state index contributed by atoms with van der Waals surface area (Å²) in [5.41, 5.74) is 2.34. The number of rotatable bonds is 33. The maximum Gasteiger partial charge on any atom is 0.364 e. The van der Waals surface area contributed by atoms with E-state index in [0.717, 1.165) is 50.1 Å². The lowest BCUT2D eigenvalue weighted by Gasteiger charge is -2.50. The molecule has 25 nitrogen and oxygen atoms in total. The molecule has 2 aromatic carbocycles. The van der Waals surface area contributed by atoms with E-state index in [4.69, 9.17) is 23.4 Å². The van der Waals surface area contributed by atoms with Gasteiger partial charge in [0, 0.05) is 85.9 Å².